The molecule has 0 fully saturated rings. The Morgan fingerprint density at radius 2 is 2.15 bits per heavy atom. The van der Waals surface area contributed by atoms with Crippen molar-refractivity contribution in [3.63, 3.8) is 0 Å². The summed E-state index contributed by atoms with van der Waals surface area (Å²) < 4.78 is 7.84. The van der Waals surface area contributed by atoms with Gasteiger partial charge in [-0.05, 0) is 29.9 Å². The normalized spacial score (nSPS) is 20.1. The van der Waals surface area contributed by atoms with E-state index >= 15 is 0 Å². The van der Waals surface area contributed by atoms with Gasteiger partial charge in [-0.15, -0.1) is 0 Å². The van der Waals surface area contributed by atoms with E-state index in [-0.39, 0.29) is 5.41 Å². The minimum atomic E-state index is 0.217. The van der Waals surface area contributed by atoms with Crippen LogP contribution in [0.5, 0.6) is 0 Å². The fraction of sp³-hybridized carbons (Fsp3) is 0.471. The lowest BCUT2D eigenvalue weighted by Crippen LogP contribution is -2.15. The zero-order valence-electron chi connectivity index (χ0n) is 12.5. The van der Waals surface area contributed by atoms with Crippen LogP contribution in [0.15, 0.2) is 36.8 Å². The van der Waals surface area contributed by atoms with Crippen molar-refractivity contribution in [1.29, 1.82) is 0 Å². The molecule has 2 aromatic rings. The first-order valence-electron chi connectivity index (χ1n) is 7.31. The van der Waals surface area contributed by atoms with Gasteiger partial charge in [0.15, 0.2) is 0 Å². The summed E-state index contributed by atoms with van der Waals surface area (Å²) in [5, 5.41) is 0. The molecule has 1 aliphatic carbocycles. The Morgan fingerprint density at radius 3 is 2.95 bits per heavy atom. The van der Waals surface area contributed by atoms with Crippen LogP contribution >= 0.6 is 0 Å². The molecule has 0 saturated heterocycles. The number of aromatic nitrogens is 2. The number of ether oxygens (including phenoxy) is 1. The summed E-state index contributed by atoms with van der Waals surface area (Å²) in [6.45, 7) is 8.04. The quantitative estimate of drug-likeness (QED) is 0.847. The Morgan fingerprint density at radius 1 is 1.35 bits per heavy atom. The van der Waals surface area contributed by atoms with Crippen molar-refractivity contribution in [2.24, 2.45) is 0 Å². The van der Waals surface area contributed by atoms with Crippen molar-refractivity contribution in [3.8, 4) is 0 Å². The number of imidazole rings is 1. The van der Waals surface area contributed by atoms with Gasteiger partial charge in [-0.3, -0.25) is 0 Å². The fourth-order valence-corrected chi connectivity index (χ4v) is 3.29. The maximum Gasteiger partial charge on any atom is 0.0954 e. The van der Waals surface area contributed by atoms with Crippen LogP contribution in [0, 0.1) is 0 Å². The van der Waals surface area contributed by atoms with Crippen LogP contribution in [0.2, 0.25) is 0 Å². The number of fused-ring (bicyclic) bond motifs is 1. The number of rotatable bonds is 4. The van der Waals surface area contributed by atoms with Crippen LogP contribution < -0.4 is 0 Å². The zero-order valence-corrected chi connectivity index (χ0v) is 12.5. The van der Waals surface area contributed by atoms with Gasteiger partial charge in [-0.1, -0.05) is 38.1 Å². The Labute approximate surface area is 120 Å². The van der Waals surface area contributed by atoms with Crippen molar-refractivity contribution < 1.29 is 4.74 Å². The summed E-state index contributed by atoms with van der Waals surface area (Å²) in [6, 6.07) is 9.15. The highest BCUT2D eigenvalue weighted by Gasteiger charge is 2.37. The molecule has 1 unspecified atom stereocenters. The van der Waals surface area contributed by atoms with E-state index < -0.39 is 0 Å². The van der Waals surface area contributed by atoms with E-state index in [9.17, 15) is 0 Å². The second-order valence-corrected chi connectivity index (χ2v) is 6.12. The van der Waals surface area contributed by atoms with Gasteiger partial charge in [-0.25, -0.2) is 4.98 Å². The van der Waals surface area contributed by atoms with Gasteiger partial charge >= 0.3 is 0 Å². The van der Waals surface area contributed by atoms with E-state index in [1.165, 1.54) is 11.1 Å². The third kappa shape index (κ3) is 2.16. The monoisotopic (exact) mass is 270 g/mol. The highest BCUT2D eigenvalue weighted by Crippen LogP contribution is 2.46. The molecule has 0 saturated carbocycles. The van der Waals surface area contributed by atoms with Crippen LogP contribution in [-0.4, -0.2) is 16.2 Å². The molecule has 1 atom stereocenters. The average molecular weight is 270 g/mol. The Balaban J connectivity index is 1.99. The molecule has 3 heteroatoms. The summed E-state index contributed by atoms with van der Waals surface area (Å²) in [6.07, 6.45) is 4.97. The predicted octanol–water partition coefficient (Wildman–Crippen LogP) is 3.69. The topological polar surface area (TPSA) is 27.1 Å². The third-order valence-electron chi connectivity index (χ3n) is 4.29. The molecule has 3 nitrogen and oxygen atoms in total. The molecule has 0 bridgehead atoms. The lowest BCUT2D eigenvalue weighted by molar-refractivity contribution is 0.127. The molecule has 1 aliphatic rings. The molecule has 20 heavy (non-hydrogen) atoms. The van der Waals surface area contributed by atoms with E-state index in [0.717, 1.165) is 18.7 Å². The predicted molar refractivity (Wildman–Crippen MR) is 79.8 cm³/mol. The van der Waals surface area contributed by atoms with Crippen molar-refractivity contribution in [1.82, 2.24) is 9.55 Å². The minimum absolute atomic E-state index is 0.217. The van der Waals surface area contributed by atoms with Gasteiger partial charge in [0, 0.05) is 6.61 Å². The van der Waals surface area contributed by atoms with Crippen molar-refractivity contribution >= 4 is 0 Å². The van der Waals surface area contributed by atoms with Crippen LogP contribution in [0.1, 0.15) is 50.1 Å². The Bertz CT molecular complexity index is 601. The second-order valence-electron chi connectivity index (χ2n) is 6.12. The highest BCUT2D eigenvalue weighted by atomic mass is 16.5. The summed E-state index contributed by atoms with van der Waals surface area (Å²) in [5.74, 6) is 0. The van der Waals surface area contributed by atoms with Crippen molar-refractivity contribution in [3.05, 3.63) is 53.6 Å². The summed E-state index contributed by atoms with van der Waals surface area (Å²) in [7, 11) is 0. The summed E-state index contributed by atoms with van der Waals surface area (Å²) >= 11 is 0. The molecule has 106 valence electrons. The Kier molecular flexibility index (Phi) is 3.38. The smallest absolute Gasteiger partial charge is 0.0954 e. The van der Waals surface area contributed by atoms with Gasteiger partial charge in [0.1, 0.15) is 0 Å². The number of benzene rings is 1. The number of hydrogen-bond donors (Lipinski definition) is 0. The molecule has 1 aromatic heterocycles. The average Bonchev–Trinajstić information content (AvgIpc) is 3.00. The lowest BCUT2D eigenvalue weighted by Gasteiger charge is -2.20. The number of nitrogens with zero attached hydrogens (tertiary/aromatic N) is 2. The van der Waals surface area contributed by atoms with E-state index in [0.29, 0.717) is 12.6 Å². The fourth-order valence-electron chi connectivity index (χ4n) is 3.29. The van der Waals surface area contributed by atoms with Gasteiger partial charge in [0.2, 0.25) is 0 Å². The molecule has 1 heterocycles. The van der Waals surface area contributed by atoms with Gasteiger partial charge < -0.3 is 9.30 Å². The van der Waals surface area contributed by atoms with Gasteiger partial charge in [0.05, 0.1) is 30.9 Å². The Hall–Kier alpha value is -1.61. The first-order chi connectivity index (χ1) is 9.63. The molecular formula is C17H22N2O. The SMILES string of the molecule is CCOCc1cncn1C1CC(C)(C)c2ccccc21. The maximum absolute atomic E-state index is 5.56. The third-order valence-corrected chi connectivity index (χ3v) is 4.29. The van der Waals surface area contributed by atoms with E-state index in [2.05, 4.69) is 47.7 Å². The standard InChI is InChI=1S/C17H22N2O/c1-4-20-11-13-10-18-12-19(13)16-9-17(2,3)15-8-6-5-7-14(15)16/h5-8,10,12,16H,4,9,11H2,1-3H3. The molecule has 0 N–H and O–H groups in total. The zero-order chi connectivity index (χ0) is 14.2. The largest absolute Gasteiger partial charge is 0.375 e. The second kappa shape index (κ2) is 5.06. The van der Waals surface area contributed by atoms with Crippen molar-refractivity contribution in [2.75, 3.05) is 6.61 Å². The first kappa shape index (κ1) is 13.4. The van der Waals surface area contributed by atoms with Crippen LogP contribution in [0.25, 0.3) is 0 Å². The summed E-state index contributed by atoms with van der Waals surface area (Å²) in [5.41, 5.74) is 4.26. The highest BCUT2D eigenvalue weighted by molar-refractivity contribution is 5.41. The summed E-state index contributed by atoms with van der Waals surface area (Å²) in [4.78, 5) is 4.32. The van der Waals surface area contributed by atoms with E-state index in [1.54, 1.807) is 0 Å². The number of hydrogen-bond acceptors (Lipinski definition) is 2. The van der Waals surface area contributed by atoms with Crippen molar-refractivity contribution in [2.45, 2.75) is 45.3 Å². The molecule has 0 aliphatic heterocycles. The molecule has 1 aromatic carbocycles. The molecule has 0 amide bonds. The lowest BCUT2D eigenvalue weighted by atomic mass is 9.86. The van der Waals surface area contributed by atoms with E-state index in [4.69, 9.17) is 4.74 Å². The first-order valence-corrected chi connectivity index (χ1v) is 7.31. The molecular weight excluding hydrogens is 248 g/mol. The van der Waals surface area contributed by atoms with Gasteiger partial charge in [-0.2, -0.15) is 0 Å². The minimum Gasteiger partial charge on any atom is -0.375 e. The molecule has 0 radical (unpaired) electrons. The van der Waals surface area contributed by atoms with Gasteiger partial charge in [0.25, 0.3) is 0 Å². The molecule has 3 rings (SSSR count). The van der Waals surface area contributed by atoms with E-state index in [1.807, 2.05) is 19.4 Å². The van der Waals surface area contributed by atoms with Crippen LogP contribution in [0.3, 0.4) is 0 Å². The van der Waals surface area contributed by atoms with Crippen LogP contribution in [0.4, 0.5) is 0 Å². The maximum atomic E-state index is 5.56. The molecule has 0 spiro atoms. The van der Waals surface area contributed by atoms with Crippen LogP contribution in [-0.2, 0) is 16.8 Å².